The number of nitrogen functional groups attached to an aromatic ring is 1. The summed E-state index contributed by atoms with van der Waals surface area (Å²) in [6.45, 7) is 5.90. The highest BCUT2D eigenvalue weighted by atomic mass is 16.1. The Balaban J connectivity index is 2.67. The second-order valence-electron chi connectivity index (χ2n) is 4.56. The summed E-state index contributed by atoms with van der Waals surface area (Å²) >= 11 is 0. The molecule has 0 saturated heterocycles. The van der Waals surface area contributed by atoms with Crippen LogP contribution in [0.4, 0.5) is 5.82 Å². The van der Waals surface area contributed by atoms with E-state index in [4.69, 9.17) is 11.5 Å². The third-order valence-electron chi connectivity index (χ3n) is 3.30. The molecule has 6 heteroatoms. The van der Waals surface area contributed by atoms with Crippen molar-refractivity contribution in [3.05, 3.63) is 17.6 Å². The van der Waals surface area contributed by atoms with E-state index in [1.54, 1.807) is 0 Å². The summed E-state index contributed by atoms with van der Waals surface area (Å²) in [5, 5.41) is 0.853. The van der Waals surface area contributed by atoms with Crippen molar-refractivity contribution in [1.82, 2.24) is 14.5 Å². The van der Waals surface area contributed by atoms with Crippen LogP contribution in [0.25, 0.3) is 11.0 Å². The standard InChI is InChI=1S/C12H17N5O/c1-6(4-9(13)18)17-8(3)7(2)10-11(14)15-5-16-12(10)17/h5-6H,4H2,1-3H3,(H2,13,18)(H2,14,15,16). The Morgan fingerprint density at radius 3 is 2.72 bits per heavy atom. The SMILES string of the molecule is Cc1c(C)n(C(C)CC(N)=O)c2ncnc(N)c12. The number of nitrogens with zero attached hydrogens (tertiary/aromatic N) is 3. The van der Waals surface area contributed by atoms with Gasteiger partial charge in [-0.3, -0.25) is 4.79 Å². The van der Waals surface area contributed by atoms with Crippen molar-refractivity contribution in [2.75, 3.05) is 5.73 Å². The van der Waals surface area contributed by atoms with Gasteiger partial charge in [-0.1, -0.05) is 0 Å². The van der Waals surface area contributed by atoms with Crippen LogP contribution in [0.3, 0.4) is 0 Å². The van der Waals surface area contributed by atoms with Gasteiger partial charge in [0.15, 0.2) is 0 Å². The number of carbonyl (C=O) groups excluding carboxylic acids is 1. The number of nitrogens with two attached hydrogens (primary N) is 2. The molecule has 2 aromatic rings. The zero-order chi connectivity index (χ0) is 13.4. The molecule has 96 valence electrons. The lowest BCUT2D eigenvalue weighted by molar-refractivity contribution is -0.118. The van der Waals surface area contributed by atoms with Crippen LogP contribution >= 0.6 is 0 Å². The molecule has 0 aromatic carbocycles. The molecule has 0 bridgehead atoms. The average Bonchev–Trinajstić information content (AvgIpc) is 2.52. The van der Waals surface area contributed by atoms with E-state index in [0.29, 0.717) is 5.82 Å². The molecule has 0 fully saturated rings. The zero-order valence-electron chi connectivity index (χ0n) is 10.8. The van der Waals surface area contributed by atoms with Gasteiger partial charge in [0.05, 0.1) is 5.39 Å². The fourth-order valence-corrected chi connectivity index (χ4v) is 2.37. The highest BCUT2D eigenvalue weighted by molar-refractivity contribution is 5.91. The zero-order valence-corrected chi connectivity index (χ0v) is 10.8. The van der Waals surface area contributed by atoms with Crippen molar-refractivity contribution >= 4 is 22.8 Å². The van der Waals surface area contributed by atoms with E-state index in [1.807, 2.05) is 25.3 Å². The third-order valence-corrected chi connectivity index (χ3v) is 3.30. The topological polar surface area (TPSA) is 99.8 Å². The van der Waals surface area contributed by atoms with E-state index in [2.05, 4.69) is 9.97 Å². The van der Waals surface area contributed by atoms with E-state index in [-0.39, 0.29) is 18.4 Å². The minimum atomic E-state index is -0.330. The Bertz CT molecular complexity index is 616. The van der Waals surface area contributed by atoms with Crippen LogP contribution in [-0.2, 0) is 4.79 Å². The number of carbonyl (C=O) groups is 1. The molecule has 2 heterocycles. The van der Waals surface area contributed by atoms with E-state index >= 15 is 0 Å². The highest BCUT2D eigenvalue weighted by Gasteiger charge is 2.19. The highest BCUT2D eigenvalue weighted by Crippen LogP contribution is 2.30. The van der Waals surface area contributed by atoms with Crippen molar-refractivity contribution in [1.29, 1.82) is 0 Å². The number of aromatic nitrogens is 3. The summed E-state index contributed by atoms with van der Waals surface area (Å²) in [6.07, 6.45) is 1.71. The first-order valence-corrected chi connectivity index (χ1v) is 5.79. The maximum absolute atomic E-state index is 11.1. The summed E-state index contributed by atoms with van der Waals surface area (Å²) in [7, 11) is 0. The number of hydrogen-bond donors (Lipinski definition) is 2. The molecule has 0 saturated carbocycles. The Morgan fingerprint density at radius 1 is 1.44 bits per heavy atom. The van der Waals surface area contributed by atoms with E-state index in [0.717, 1.165) is 22.3 Å². The molecule has 2 rings (SSSR count). The monoisotopic (exact) mass is 247 g/mol. The van der Waals surface area contributed by atoms with E-state index in [1.165, 1.54) is 6.33 Å². The van der Waals surface area contributed by atoms with Gasteiger partial charge in [-0.15, -0.1) is 0 Å². The number of primary amides is 1. The van der Waals surface area contributed by atoms with Crippen LogP contribution in [0, 0.1) is 13.8 Å². The molecule has 0 aliphatic heterocycles. The number of amides is 1. The molecule has 1 amide bonds. The summed E-state index contributed by atoms with van der Waals surface area (Å²) in [5.74, 6) is 0.133. The number of anilines is 1. The molecule has 2 aromatic heterocycles. The molecule has 0 spiro atoms. The van der Waals surface area contributed by atoms with Crippen LogP contribution < -0.4 is 11.5 Å². The fourth-order valence-electron chi connectivity index (χ4n) is 2.37. The summed E-state index contributed by atoms with van der Waals surface area (Å²) < 4.78 is 1.99. The van der Waals surface area contributed by atoms with Gasteiger partial charge in [-0.05, 0) is 26.3 Å². The van der Waals surface area contributed by atoms with Crippen LogP contribution in [0.1, 0.15) is 30.6 Å². The lowest BCUT2D eigenvalue weighted by Gasteiger charge is -2.15. The molecule has 6 nitrogen and oxygen atoms in total. The smallest absolute Gasteiger partial charge is 0.219 e. The molecule has 0 radical (unpaired) electrons. The molecule has 18 heavy (non-hydrogen) atoms. The Hall–Kier alpha value is -2.11. The van der Waals surface area contributed by atoms with Crippen molar-refractivity contribution in [2.45, 2.75) is 33.2 Å². The molecule has 0 aliphatic carbocycles. The van der Waals surface area contributed by atoms with E-state index < -0.39 is 0 Å². The van der Waals surface area contributed by atoms with Gasteiger partial charge in [0, 0.05) is 18.2 Å². The van der Waals surface area contributed by atoms with Gasteiger partial charge in [0.1, 0.15) is 17.8 Å². The van der Waals surface area contributed by atoms with Gasteiger partial charge in [0.25, 0.3) is 0 Å². The second kappa shape index (κ2) is 4.29. The lowest BCUT2D eigenvalue weighted by atomic mass is 10.2. The average molecular weight is 247 g/mol. The van der Waals surface area contributed by atoms with Crippen LogP contribution in [-0.4, -0.2) is 20.4 Å². The molecule has 4 N–H and O–H groups in total. The first-order valence-electron chi connectivity index (χ1n) is 5.79. The van der Waals surface area contributed by atoms with Crippen molar-refractivity contribution in [3.8, 4) is 0 Å². The fraction of sp³-hybridized carbons (Fsp3) is 0.417. The largest absolute Gasteiger partial charge is 0.383 e. The van der Waals surface area contributed by atoms with Gasteiger partial charge in [0.2, 0.25) is 5.91 Å². The maximum atomic E-state index is 11.1. The number of fused-ring (bicyclic) bond motifs is 1. The lowest BCUT2D eigenvalue weighted by Crippen LogP contribution is -2.18. The molecular weight excluding hydrogens is 230 g/mol. The van der Waals surface area contributed by atoms with Gasteiger partial charge >= 0.3 is 0 Å². The van der Waals surface area contributed by atoms with Gasteiger partial charge in [-0.2, -0.15) is 0 Å². The van der Waals surface area contributed by atoms with Crippen molar-refractivity contribution in [2.24, 2.45) is 5.73 Å². The van der Waals surface area contributed by atoms with Crippen LogP contribution in [0.2, 0.25) is 0 Å². The number of hydrogen-bond acceptors (Lipinski definition) is 4. The normalized spacial score (nSPS) is 12.8. The molecular formula is C12H17N5O. The molecule has 1 atom stereocenters. The van der Waals surface area contributed by atoms with Crippen LogP contribution in [0.5, 0.6) is 0 Å². The van der Waals surface area contributed by atoms with Gasteiger partial charge < -0.3 is 16.0 Å². The summed E-state index contributed by atoms with van der Waals surface area (Å²) in [4.78, 5) is 19.3. The quantitative estimate of drug-likeness (QED) is 0.847. The first-order chi connectivity index (χ1) is 8.43. The number of rotatable bonds is 3. The third kappa shape index (κ3) is 1.79. The molecule has 0 aliphatic rings. The predicted molar refractivity (Wildman–Crippen MR) is 69.9 cm³/mol. The Labute approximate surface area is 105 Å². The Morgan fingerprint density at radius 2 is 2.11 bits per heavy atom. The van der Waals surface area contributed by atoms with Gasteiger partial charge in [-0.25, -0.2) is 9.97 Å². The Kier molecular flexibility index (Phi) is 2.94. The first kappa shape index (κ1) is 12.3. The van der Waals surface area contributed by atoms with E-state index in [9.17, 15) is 4.79 Å². The summed E-state index contributed by atoms with van der Waals surface area (Å²) in [6, 6.07) is -0.0481. The predicted octanol–water partition coefficient (Wildman–Crippen LogP) is 1.07. The molecule has 1 unspecified atom stereocenters. The minimum absolute atomic E-state index is 0.0481. The summed E-state index contributed by atoms with van der Waals surface area (Å²) in [5.41, 5.74) is 14.0. The minimum Gasteiger partial charge on any atom is -0.383 e. The van der Waals surface area contributed by atoms with Crippen molar-refractivity contribution in [3.63, 3.8) is 0 Å². The van der Waals surface area contributed by atoms with Crippen molar-refractivity contribution < 1.29 is 4.79 Å². The number of aryl methyl sites for hydroxylation is 1. The maximum Gasteiger partial charge on any atom is 0.219 e. The second-order valence-corrected chi connectivity index (χ2v) is 4.56. The van der Waals surface area contributed by atoms with Crippen LogP contribution in [0.15, 0.2) is 6.33 Å².